The van der Waals surface area contributed by atoms with Crippen molar-refractivity contribution in [3.05, 3.63) is 0 Å². The van der Waals surface area contributed by atoms with E-state index < -0.39 is 0 Å². The topological polar surface area (TPSA) is 15.3 Å². The fraction of sp³-hybridized carbons (Fsp3) is 1.00. The van der Waals surface area contributed by atoms with Crippen molar-refractivity contribution in [1.82, 2.24) is 10.2 Å². The minimum absolute atomic E-state index is 0.508. The van der Waals surface area contributed by atoms with Crippen molar-refractivity contribution in [1.29, 1.82) is 0 Å². The standard InChI is InChI=1S/C14H26N2/c1-3-12-9-15-14(6-4-5-7-14)10-16(12)13-8-11(13)2/h11-13,15H,3-10H2,1-2H3. The summed E-state index contributed by atoms with van der Waals surface area (Å²) in [5.41, 5.74) is 0.508. The summed E-state index contributed by atoms with van der Waals surface area (Å²) in [6.45, 7) is 7.33. The van der Waals surface area contributed by atoms with Crippen LogP contribution in [0.2, 0.25) is 0 Å². The Morgan fingerprint density at radius 3 is 2.56 bits per heavy atom. The Balaban J connectivity index is 1.71. The van der Waals surface area contributed by atoms with Gasteiger partial charge in [0.2, 0.25) is 0 Å². The van der Waals surface area contributed by atoms with Gasteiger partial charge in [0.1, 0.15) is 0 Å². The zero-order valence-corrected chi connectivity index (χ0v) is 10.8. The average Bonchev–Trinajstić information content (AvgIpc) is 2.85. The maximum Gasteiger partial charge on any atom is 0.0309 e. The molecule has 0 amide bonds. The largest absolute Gasteiger partial charge is 0.308 e. The summed E-state index contributed by atoms with van der Waals surface area (Å²) in [6.07, 6.45) is 8.48. The SMILES string of the molecule is CCC1CNC2(CCCC2)CN1C1CC1C. The quantitative estimate of drug-likeness (QED) is 0.772. The first kappa shape index (κ1) is 11.0. The van der Waals surface area contributed by atoms with Gasteiger partial charge in [0.25, 0.3) is 0 Å². The molecular weight excluding hydrogens is 196 g/mol. The van der Waals surface area contributed by atoms with Crippen molar-refractivity contribution in [2.75, 3.05) is 13.1 Å². The third-order valence-electron chi connectivity index (χ3n) is 5.19. The third kappa shape index (κ3) is 1.80. The minimum atomic E-state index is 0.508. The second-order valence-electron chi connectivity index (χ2n) is 6.38. The van der Waals surface area contributed by atoms with E-state index in [1.165, 1.54) is 51.6 Å². The van der Waals surface area contributed by atoms with E-state index in [9.17, 15) is 0 Å². The lowest BCUT2D eigenvalue weighted by Gasteiger charge is -2.46. The van der Waals surface area contributed by atoms with Crippen molar-refractivity contribution in [3.63, 3.8) is 0 Å². The van der Waals surface area contributed by atoms with E-state index in [0.29, 0.717) is 5.54 Å². The van der Waals surface area contributed by atoms with E-state index in [1.54, 1.807) is 0 Å². The van der Waals surface area contributed by atoms with Gasteiger partial charge in [-0.1, -0.05) is 26.7 Å². The second-order valence-corrected chi connectivity index (χ2v) is 6.38. The van der Waals surface area contributed by atoms with Gasteiger partial charge in [0.15, 0.2) is 0 Å². The van der Waals surface area contributed by atoms with Crippen LogP contribution >= 0.6 is 0 Å². The van der Waals surface area contributed by atoms with Crippen LogP contribution in [0.5, 0.6) is 0 Å². The minimum Gasteiger partial charge on any atom is -0.308 e. The van der Waals surface area contributed by atoms with E-state index >= 15 is 0 Å². The van der Waals surface area contributed by atoms with Gasteiger partial charge in [-0.15, -0.1) is 0 Å². The molecule has 2 nitrogen and oxygen atoms in total. The van der Waals surface area contributed by atoms with Gasteiger partial charge in [0, 0.05) is 30.7 Å². The van der Waals surface area contributed by atoms with Crippen LogP contribution in [-0.2, 0) is 0 Å². The lowest BCUT2D eigenvalue weighted by molar-refractivity contribution is 0.0676. The molecule has 3 fully saturated rings. The molecule has 1 spiro atoms. The molecule has 0 aromatic rings. The monoisotopic (exact) mass is 222 g/mol. The number of nitrogens with one attached hydrogen (secondary N) is 1. The highest BCUT2D eigenvalue weighted by atomic mass is 15.3. The molecule has 3 unspecified atom stereocenters. The molecule has 2 saturated carbocycles. The fourth-order valence-electron chi connectivity index (χ4n) is 3.90. The number of piperazine rings is 1. The Kier molecular flexibility index (Phi) is 2.75. The molecule has 2 aliphatic carbocycles. The Labute approximate surface area is 99.8 Å². The molecule has 2 heteroatoms. The molecule has 0 bridgehead atoms. The summed E-state index contributed by atoms with van der Waals surface area (Å²) in [5.74, 6) is 0.964. The number of hydrogen-bond acceptors (Lipinski definition) is 2. The van der Waals surface area contributed by atoms with Gasteiger partial charge in [-0.05, 0) is 31.6 Å². The van der Waals surface area contributed by atoms with Gasteiger partial charge in [-0.2, -0.15) is 0 Å². The fourth-order valence-corrected chi connectivity index (χ4v) is 3.90. The summed E-state index contributed by atoms with van der Waals surface area (Å²) in [5, 5.41) is 3.88. The Bertz CT molecular complexity index is 257. The van der Waals surface area contributed by atoms with E-state index in [-0.39, 0.29) is 0 Å². The molecule has 16 heavy (non-hydrogen) atoms. The van der Waals surface area contributed by atoms with Crippen molar-refractivity contribution in [2.45, 2.75) is 70.0 Å². The smallest absolute Gasteiger partial charge is 0.0309 e. The van der Waals surface area contributed by atoms with Crippen LogP contribution < -0.4 is 5.32 Å². The normalized spacial score (nSPS) is 42.8. The maximum atomic E-state index is 3.88. The Morgan fingerprint density at radius 1 is 1.31 bits per heavy atom. The van der Waals surface area contributed by atoms with Crippen LogP contribution in [0.1, 0.15) is 52.4 Å². The van der Waals surface area contributed by atoms with E-state index in [0.717, 1.165) is 18.0 Å². The highest BCUT2D eigenvalue weighted by Crippen LogP contribution is 2.41. The highest BCUT2D eigenvalue weighted by molar-refractivity contribution is 5.05. The number of nitrogens with zero attached hydrogens (tertiary/aromatic N) is 1. The van der Waals surface area contributed by atoms with Crippen molar-refractivity contribution in [2.24, 2.45) is 5.92 Å². The van der Waals surface area contributed by atoms with Gasteiger partial charge in [0.05, 0.1) is 0 Å². The molecule has 3 aliphatic rings. The van der Waals surface area contributed by atoms with Crippen molar-refractivity contribution >= 4 is 0 Å². The van der Waals surface area contributed by atoms with Crippen LogP contribution in [-0.4, -0.2) is 35.6 Å². The van der Waals surface area contributed by atoms with Crippen LogP contribution in [0.25, 0.3) is 0 Å². The van der Waals surface area contributed by atoms with Crippen LogP contribution in [0.15, 0.2) is 0 Å². The summed E-state index contributed by atoms with van der Waals surface area (Å²) in [7, 11) is 0. The van der Waals surface area contributed by atoms with Crippen LogP contribution in [0.4, 0.5) is 0 Å². The predicted molar refractivity (Wildman–Crippen MR) is 67.6 cm³/mol. The molecule has 0 aromatic carbocycles. The summed E-state index contributed by atoms with van der Waals surface area (Å²) >= 11 is 0. The molecule has 3 atom stereocenters. The van der Waals surface area contributed by atoms with Crippen LogP contribution in [0, 0.1) is 5.92 Å². The predicted octanol–water partition coefficient (Wildman–Crippen LogP) is 2.39. The molecular formula is C14H26N2. The first-order chi connectivity index (χ1) is 7.74. The first-order valence-electron chi connectivity index (χ1n) is 7.25. The van der Waals surface area contributed by atoms with E-state index in [4.69, 9.17) is 0 Å². The van der Waals surface area contributed by atoms with Gasteiger partial charge in [-0.3, -0.25) is 4.90 Å². The average molecular weight is 222 g/mol. The van der Waals surface area contributed by atoms with Gasteiger partial charge in [-0.25, -0.2) is 0 Å². The molecule has 3 rings (SSSR count). The molecule has 92 valence electrons. The van der Waals surface area contributed by atoms with E-state index in [2.05, 4.69) is 24.1 Å². The van der Waals surface area contributed by atoms with Gasteiger partial charge < -0.3 is 5.32 Å². The number of rotatable bonds is 2. The van der Waals surface area contributed by atoms with E-state index in [1.807, 2.05) is 0 Å². The lowest BCUT2D eigenvalue weighted by Crippen LogP contribution is -2.63. The second kappa shape index (κ2) is 3.99. The molecule has 1 N–H and O–H groups in total. The zero-order chi connectivity index (χ0) is 11.2. The molecule has 0 radical (unpaired) electrons. The molecule has 1 saturated heterocycles. The van der Waals surface area contributed by atoms with Crippen LogP contribution in [0.3, 0.4) is 0 Å². The molecule has 1 aliphatic heterocycles. The molecule has 0 aromatic heterocycles. The number of hydrogen-bond donors (Lipinski definition) is 1. The zero-order valence-electron chi connectivity index (χ0n) is 10.8. The highest BCUT2D eigenvalue weighted by Gasteiger charge is 2.47. The maximum absolute atomic E-state index is 3.88. The van der Waals surface area contributed by atoms with Crippen molar-refractivity contribution in [3.8, 4) is 0 Å². The first-order valence-corrected chi connectivity index (χ1v) is 7.25. The lowest BCUT2D eigenvalue weighted by atomic mass is 9.91. The van der Waals surface area contributed by atoms with Crippen molar-refractivity contribution < 1.29 is 0 Å². The Morgan fingerprint density at radius 2 is 2.00 bits per heavy atom. The summed E-state index contributed by atoms with van der Waals surface area (Å²) in [4.78, 5) is 2.85. The Hall–Kier alpha value is -0.0800. The summed E-state index contributed by atoms with van der Waals surface area (Å²) in [6, 6.07) is 1.73. The summed E-state index contributed by atoms with van der Waals surface area (Å²) < 4.78 is 0. The van der Waals surface area contributed by atoms with Gasteiger partial charge >= 0.3 is 0 Å². The molecule has 1 heterocycles. The third-order valence-corrected chi connectivity index (χ3v) is 5.19.